The Morgan fingerprint density at radius 3 is 0.900 bits per heavy atom. The van der Waals surface area contributed by atoms with Crippen LogP contribution in [0.5, 0.6) is 0 Å². The monoisotopic (exact) mass is 630 g/mol. The molecule has 0 fully saturated rings. The summed E-state index contributed by atoms with van der Waals surface area (Å²) in [7, 11) is 2.88. The molecule has 0 atom stereocenters. The lowest BCUT2D eigenvalue weighted by Gasteiger charge is -2.13. The van der Waals surface area contributed by atoms with Crippen molar-refractivity contribution in [1.29, 1.82) is 0 Å². The maximum Gasteiger partial charge on any atom is 0.253 e. The number of carbonyl (C=O) groups excluding carboxylic acids is 8. The molecular weight excluding hydrogens is 610 g/mol. The maximum atomic E-state index is 12.1. The number of benzene rings is 2. The maximum absolute atomic E-state index is 12.1. The lowest BCUT2D eigenvalue weighted by molar-refractivity contribution is 0.0929. The zero-order valence-electron chi connectivity index (χ0n) is 21.5. The molecule has 0 spiro atoms. The van der Waals surface area contributed by atoms with Crippen molar-refractivity contribution in [3.8, 4) is 0 Å². The molecule has 2 aromatic rings. The molecule has 0 aliphatic heterocycles. The summed E-state index contributed by atoms with van der Waals surface area (Å²) >= 11 is 21.0. The Morgan fingerprint density at radius 1 is 0.475 bits per heavy atom. The van der Waals surface area contributed by atoms with Crippen LogP contribution in [0, 0.1) is 0 Å². The van der Waals surface area contributed by atoms with E-state index in [0.29, 0.717) is 0 Å². The van der Waals surface area contributed by atoms with Crippen LogP contribution in [-0.2, 0) is 0 Å². The third kappa shape index (κ3) is 8.28. The molecule has 0 heterocycles. The standard InChI is InChI=1S/C16H20N2O4.C10H2Cl4O4/c1-5-13(19)9-7-10(14(20)6-2)12(16(22)18-4)8-11(9)15(21)17-3;11-7(15)3-1-4(8(12)16)6(10(14)18)2-5(3)9(13)17/h7-8H,5-6H2,1-4H3,(H,17,21)(H,18,22);1-2H. The second-order valence-corrected chi connectivity index (χ2v) is 9.07. The summed E-state index contributed by atoms with van der Waals surface area (Å²) in [5.41, 5.74) is -0.812. The minimum atomic E-state index is -1.02. The summed E-state index contributed by atoms with van der Waals surface area (Å²) in [6, 6.07) is 4.46. The highest BCUT2D eigenvalue weighted by Crippen LogP contribution is 2.24. The van der Waals surface area contributed by atoms with Gasteiger partial charge in [-0.05, 0) is 70.7 Å². The Labute approximate surface area is 248 Å². The molecule has 2 aromatic carbocycles. The summed E-state index contributed by atoms with van der Waals surface area (Å²) in [6.45, 7) is 3.34. The second kappa shape index (κ2) is 15.4. The highest BCUT2D eigenvalue weighted by molar-refractivity contribution is 6.74. The molecule has 0 unspecified atom stereocenters. The first kappa shape index (κ1) is 34.6. The third-order valence-corrected chi connectivity index (χ3v) is 6.16. The van der Waals surface area contributed by atoms with E-state index in [9.17, 15) is 38.4 Å². The minimum Gasteiger partial charge on any atom is -0.355 e. The van der Waals surface area contributed by atoms with Crippen molar-refractivity contribution >= 4 is 90.8 Å². The lowest BCUT2D eigenvalue weighted by atomic mass is 9.91. The van der Waals surface area contributed by atoms with Crippen molar-refractivity contribution < 1.29 is 38.4 Å². The molecule has 0 aliphatic rings. The first-order chi connectivity index (χ1) is 18.7. The van der Waals surface area contributed by atoms with E-state index >= 15 is 0 Å². The third-order valence-electron chi connectivity index (χ3n) is 5.35. The van der Waals surface area contributed by atoms with Crippen LogP contribution >= 0.6 is 46.4 Å². The number of rotatable bonds is 10. The molecular formula is C26H22Cl4N2O8. The molecule has 0 saturated carbocycles. The van der Waals surface area contributed by atoms with Gasteiger partial charge in [0.25, 0.3) is 32.8 Å². The van der Waals surface area contributed by atoms with Gasteiger partial charge in [-0.1, -0.05) is 13.8 Å². The number of Topliss-reactive ketones (excluding diaryl/α,β-unsaturated/α-hetero) is 2. The Kier molecular flexibility index (Phi) is 13.3. The first-order valence-electron chi connectivity index (χ1n) is 11.3. The minimum absolute atomic E-state index is 0.0978. The average Bonchev–Trinajstić information content (AvgIpc) is 2.93. The number of hydrogen-bond acceptors (Lipinski definition) is 8. The zero-order chi connectivity index (χ0) is 30.9. The van der Waals surface area contributed by atoms with Crippen molar-refractivity contribution in [2.75, 3.05) is 14.1 Å². The van der Waals surface area contributed by atoms with E-state index in [2.05, 4.69) is 10.6 Å². The summed E-state index contributed by atoms with van der Waals surface area (Å²) in [4.78, 5) is 92.6. The molecule has 2 N–H and O–H groups in total. The van der Waals surface area contributed by atoms with Crippen LogP contribution in [0.15, 0.2) is 24.3 Å². The fourth-order valence-electron chi connectivity index (χ4n) is 3.34. The molecule has 212 valence electrons. The van der Waals surface area contributed by atoms with E-state index in [1.54, 1.807) is 13.8 Å². The van der Waals surface area contributed by atoms with Gasteiger partial charge in [-0.15, -0.1) is 0 Å². The number of halogens is 4. The van der Waals surface area contributed by atoms with Gasteiger partial charge in [0.15, 0.2) is 11.6 Å². The summed E-state index contributed by atoms with van der Waals surface area (Å²) in [5, 5.41) is 0.793. The van der Waals surface area contributed by atoms with Gasteiger partial charge in [0.05, 0.1) is 11.1 Å². The highest BCUT2D eigenvalue weighted by Gasteiger charge is 2.25. The van der Waals surface area contributed by atoms with Gasteiger partial charge in [0.2, 0.25) is 0 Å². The molecule has 2 amide bonds. The molecule has 14 heteroatoms. The molecule has 2 rings (SSSR count). The fourth-order valence-corrected chi connectivity index (χ4v) is 3.96. The second-order valence-electron chi connectivity index (χ2n) is 7.69. The van der Waals surface area contributed by atoms with Crippen molar-refractivity contribution in [2.45, 2.75) is 26.7 Å². The van der Waals surface area contributed by atoms with Crippen LogP contribution in [0.4, 0.5) is 0 Å². The summed E-state index contributed by atoms with van der Waals surface area (Å²) < 4.78 is 0. The topological polar surface area (TPSA) is 161 Å². The van der Waals surface area contributed by atoms with Crippen LogP contribution in [0.1, 0.15) is 110 Å². The smallest absolute Gasteiger partial charge is 0.253 e. The van der Waals surface area contributed by atoms with E-state index in [1.165, 1.54) is 26.2 Å². The Hall–Kier alpha value is -3.44. The first-order valence-corrected chi connectivity index (χ1v) is 12.8. The Balaban J connectivity index is 0.000000408. The highest BCUT2D eigenvalue weighted by atomic mass is 35.5. The van der Waals surface area contributed by atoms with Gasteiger partial charge in [-0.2, -0.15) is 0 Å². The Morgan fingerprint density at radius 2 is 0.700 bits per heavy atom. The van der Waals surface area contributed by atoms with Gasteiger partial charge >= 0.3 is 0 Å². The number of amides is 2. The van der Waals surface area contributed by atoms with Crippen LogP contribution < -0.4 is 10.6 Å². The van der Waals surface area contributed by atoms with Gasteiger partial charge in [-0.3, -0.25) is 38.4 Å². The van der Waals surface area contributed by atoms with Crippen LogP contribution in [0.25, 0.3) is 0 Å². The summed E-state index contributed by atoms with van der Waals surface area (Å²) in [6.07, 6.45) is 0.395. The van der Waals surface area contributed by atoms with Crippen LogP contribution in [-0.4, -0.2) is 58.4 Å². The van der Waals surface area contributed by atoms with E-state index in [1.807, 2.05) is 0 Å². The van der Waals surface area contributed by atoms with E-state index in [0.717, 1.165) is 12.1 Å². The number of nitrogens with one attached hydrogen (secondary N) is 2. The molecule has 0 aromatic heterocycles. The van der Waals surface area contributed by atoms with Gasteiger partial charge in [-0.25, -0.2) is 0 Å². The molecule has 0 radical (unpaired) electrons. The van der Waals surface area contributed by atoms with E-state index in [4.69, 9.17) is 46.4 Å². The molecule has 0 saturated heterocycles. The lowest BCUT2D eigenvalue weighted by Crippen LogP contribution is -2.26. The van der Waals surface area contributed by atoms with Crippen molar-refractivity contribution in [1.82, 2.24) is 10.6 Å². The molecule has 40 heavy (non-hydrogen) atoms. The Bertz CT molecular complexity index is 1230. The van der Waals surface area contributed by atoms with Gasteiger partial charge in [0.1, 0.15) is 0 Å². The molecule has 10 nitrogen and oxygen atoms in total. The normalized spacial score (nSPS) is 10.0. The average molecular weight is 632 g/mol. The van der Waals surface area contributed by atoms with Crippen molar-refractivity contribution in [3.63, 3.8) is 0 Å². The van der Waals surface area contributed by atoms with Crippen LogP contribution in [0.3, 0.4) is 0 Å². The van der Waals surface area contributed by atoms with E-state index < -0.39 is 32.8 Å². The van der Waals surface area contributed by atoms with E-state index in [-0.39, 0.29) is 68.9 Å². The van der Waals surface area contributed by atoms with Crippen molar-refractivity contribution in [3.05, 3.63) is 68.8 Å². The zero-order valence-corrected chi connectivity index (χ0v) is 24.5. The molecule has 0 aliphatic carbocycles. The van der Waals surface area contributed by atoms with Crippen molar-refractivity contribution in [2.24, 2.45) is 0 Å². The SMILES string of the molecule is CCC(=O)c1cc(C(=O)CC)c(C(=O)NC)cc1C(=O)NC.O=C(Cl)c1cc(C(=O)Cl)c(C(=O)Cl)cc1C(=O)Cl. The predicted octanol–water partition coefficient (Wildman–Crippen LogP) is 4.79. The predicted molar refractivity (Wildman–Crippen MR) is 150 cm³/mol. The molecule has 0 bridgehead atoms. The van der Waals surface area contributed by atoms with Gasteiger partial charge in [0, 0.05) is 60.3 Å². The summed E-state index contributed by atoms with van der Waals surface area (Å²) in [5.74, 6) is -1.46. The van der Waals surface area contributed by atoms with Crippen LogP contribution in [0.2, 0.25) is 0 Å². The quantitative estimate of drug-likeness (QED) is 0.279. The number of ketones is 2. The largest absolute Gasteiger partial charge is 0.355 e. The fraction of sp³-hybridized carbons (Fsp3) is 0.231. The number of carbonyl (C=O) groups is 8. The van der Waals surface area contributed by atoms with Gasteiger partial charge < -0.3 is 10.6 Å². The number of hydrogen-bond donors (Lipinski definition) is 2.